The third-order valence-corrected chi connectivity index (χ3v) is 7.70. The number of esters is 1. The predicted octanol–water partition coefficient (Wildman–Crippen LogP) is 0.0488. The number of rotatable bonds is 9. The van der Waals surface area contributed by atoms with Gasteiger partial charge >= 0.3 is 5.97 Å². The first kappa shape index (κ1) is 27.3. The van der Waals surface area contributed by atoms with Crippen molar-refractivity contribution in [2.24, 2.45) is 23.3 Å². The average molecular weight is 486 g/mol. The molecule has 0 aromatic heterocycles. The summed E-state index contributed by atoms with van der Waals surface area (Å²) in [4.78, 5) is 25.8. The smallest absolute Gasteiger partial charge is 0.328 e. The quantitative estimate of drug-likeness (QED) is 0.246. The minimum absolute atomic E-state index is 0.305. The Morgan fingerprint density at radius 3 is 2.06 bits per heavy atom. The van der Waals surface area contributed by atoms with Gasteiger partial charge in [0, 0.05) is 0 Å². The highest BCUT2D eigenvalue weighted by molar-refractivity contribution is 5.87. The Balaban J connectivity index is 1.57. The number of carbonyl (C=O) groups is 2. The Hall–Kier alpha value is -1.30. The van der Waals surface area contributed by atoms with Crippen LogP contribution in [0.3, 0.4) is 0 Å². The number of nitrogens with two attached hydrogens (primary N) is 2. The predicted molar refractivity (Wildman–Crippen MR) is 124 cm³/mol. The summed E-state index contributed by atoms with van der Waals surface area (Å²) in [5.41, 5.74) is 11.8. The van der Waals surface area contributed by atoms with E-state index in [4.69, 9.17) is 20.9 Å². The molecule has 10 heteroatoms. The molecule has 0 bridgehead atoms. The highest BCUT2D eigenvalue weighted by atomic mass is 16.6. The summed E-state index contributed by atoms with van der Waals surface area (Å²) in [6.07, 6.45) is 6.70. The van der Waals surface area contributed by atoms with E-state index in [0.717, 1.165) is 38.5 Å². The fraction of sp³-hybridized carbons (Fsp3) is 0.917. The SMILES string of the molecule is NC(CC1CCCCC1)C(=O)NC(CC1CCCCC1)C(=O)OCC1OC(O)C(N)C(O)C1O. The second kappa shape index (κ2) is 13.1. The molecule has 3 rings (SSSR count). The van der Waals surface area contributed by atoms with Gasteiger partial charge in [-0.25, -0.2) is 4.79 Å². The van der Waals surface area contributed by atoms with Crippen molar-refractivity contribution < 1.29 is 34.4 Å². The van der Waals surface area contributed by atoms with Crippen LogP contribution in [-0.4, -0.2) is 76.5 Å². The standard InChI is InChI=1S/C24H43N3O7/c25-16(11-14-7-3-1-4-8-14)22(30)27-17(12-15-9-5-2-6-10-15)23(31)33-13-18-20(28)21(29)19(26)24(32)34-18/h14-21,24,28-29,32H,1-13,25-26H2,(H,27,30). The third kappa shape index (κ3) is 7.60. The van der Waals surface area contributed by atoms with Crippen molar-refractivity contribution in [3.8, 4) is 0 Å². The van der Waals surface area contributed by atoms with Crippen LogP contribution in [0.2, 0.25) is 0 Å². The molecule has 2 saturated carbocycles. The first-order valence-corrected chi connectivity index (χ1v) is 12.9. The van der Waals surface area contributed by atoms with Crippen LogP contribution >= 0.6 is 0 Å². The number of aliphatic hydroxyl groups excluding tert-OH is 3. The van der Waals surface area contributed by atoms with E-state index in [1.165, 1.54) is 25.7 Å². The monoisotopic (exact) mass is 485 g/mol. The van der Waals surface area contributed by atoms with E-state index in [1.807, 2.05) is 0 Å². The number of aliphatic hydroxyl groups is 3. The van der Waals surface area contributed by atoms with Crippen LogP contribution in [-0.2, 0) is 19.1 Å². The molecule has 196 valence electrons. The van der Waals surface area contributed by atoms with Gasteiger partial charge in [-0.3, -0.25) is 4.79 Å². The summed E-state index contributed by atoms with van der Waals surface area (Å²) in [5, 5.41) is 32.8. The van der Waals surface area contributed by atoms with E-state index in [1.54, 1.807) is 0 Å². The summed E-state index contributed by atoms with van der Waals surface area (Å²) in [6.45, 7) is -0.383. The Morgan fingerprint density at radius 1 is 0.912 bits per heavy atom. The van der Waals surface area contributed by atoms with Crippen molar-refractivity contribution >= 4 is 11.9 Å². The van der Waals surface area contributed by atoms with Crippen molar-refractivity contribution in [2.45, 2.75) is 120 Å². The van der Waals surface area contributed by atoms with Gasteiger partial charge in [-0.15, -0.1) is 0 Å². The molecule has 0 spiro atoms. The maximum atomic E-state index is 13.0. The van der Waals surface area contributed by atoms with Crippen LogP contribution < -0.4 is 16.8 Å². The van der Waals surface area contributed by atoms with Gasteiger partial charge in [0.25, 0.3) is 0 Å². The molecule has 0 aromatic rings. The number of amides is 1. The van der Waals surface area contributed by atoms with E-state index >= 15 is 0 Å². The maximum absolute atomic E-state index is 13.0. The lowest BCUT2D eigenvalue weighted by Gasteiger charge is -2.38. The molecule has 7 unspecified atom stereocenters. The number of hydrogen-bond acceptors (Lipinski definition) is 9. The lowest BCUT2D eigenvalue weighted by molar-refractivity contribution is -0.251. The summed E-state index contributed by atoms with van der Waals surface area (Å²) >= 11 is 0. The van der Waals surface area contributed by atoms with Crippen molar-refractivity contribution in [1.82, 2.24) is 5.32 Å². The average Bonchev–Trinajstić information content (AvgIpc) is 2.84. The number of nitrogens with one attached hydrogen (secondary N) is 1. The maximum Gasteiger partial charge on any atom is 0.328 e. The van der Waals surface area contributed by atoms with Gasteiger partial charge in [0.1, 0.15) is 31.0 Å². The minimum Gasteiger partial charge on any atom is -0.461 e. The van der Waals surface area contributed by atoms with E-state index in [2.05, 4.69) is 5.32 Å². The number of ether oxygens (including phenoxy) is 2. The Bertz CT molecular complexity index is 654. The zero-order chi connectivity index (χ0) is 24.7. The molecular weight excluding hydrogens is 442 g/mol. The van der Waals surface area contributed by atoms with Gasteiger partial charge in [-0.2, -0.15) is 0 Å². The molecule has 3 fully saturated rings. The Kier molecular flexibility index (Phi) is 10.5. The third-order valence-electron chi connectivity index (χ3n) is 7.70. The second-order valence-electron chi connectivity index (χ2n) is 10.4. The topological polar surface area (TPSA) is 177 Å². The van der Waals surface area contributed by atoms with Crippen LogP contribution in [0.5, 0.6) is 0 Å². The molecule has 3 aliphatic rings. The molecule has 1 heterocycles. The van der Waals surface area contributed by atoms with Crippen LogP contribution in [0.1, 0.15) is 77.0 Å². The normalized spacial score (nSPS) is 33.1. The molecule has 1 aliphatic heterocycles. The first-order chi connectivity index (χ1) is 16.3. The molecule has 2 aliphatic carbocycles. The molecule has 0 radical (unpaired) electrons. The van der Waals surface area contributed by atoms with E-state index in [9.17, 15) is 24.9 Å². The molecule has 1 saturated heterocycles. The molecule has 34 heavy (non-hydrogen) atoms. The van der Waals surface area contributed by atoms with Gasteiger partial charge in [-0.1, -0.05) is 64.2 Å². The number of carbonyl (C=O) groups excluding carboxylic acids is 2. The lowest BCUT2D eigenvalue weighted by Crippen LogP contribution is -2.62. The lowest BCUT2D eigenvalue weighted by atomic mass is 9.84. The van der Waals surface area contributed by atoms with Crippen LogP contribution in [0.4, 0.5) is 0 Å². The van der Waals surface area contributed by atoms with Gasteiger partial charge < -0.3 is 41.6 Å². The zero-order valence-electron chi connectivity index (χ0n) is 20.0. The molecule has 8 N–H and O–H groups in total. The van der Waals surface area contributed by atoms with Gasteiger partial charge in [0.05, 0.1) is 12.1 Å². The Labute approximate surface area is 201 Å². The fourth-order valence-corrected chi connectivity index (χ4v) is 5.51. The van der Waals surface area contributed by atoms with Gasteiger partial charge in [0.2, 0.25) is 5.91 Å². The van der Waals surface area contributed by atoms with Crippen molar-refractivity contribution in [2.75, 3.05) is 6.61 Å². The largest absolute Gasteiger partial charge is 0.461 e. The molecular formula is C24H43N3O7. The summed E-state index contributed by atoms with van der Waals surface area (Å²) < 4.78 is 10.6. The van der Waals surface area contributed by atoms with Crippen molar-refractivity contribution in [3.63, 3.8) is 0 Å². The molecule has 7 atom stereocenters. The van der Waals surface area contributed by atoms with Gasteiger partial charge in [-0.05, 0) is 24.7 Å². The molecule has 1 amide bonds. The number of hydrogen-bond donors (Lipinski definition) is 6. The van der Waals surface area contributed by atoms with E-state index in [-0.39, 0.29) is 12.5 Å². The van der Waals surface area contributed by atoms with E-state index < -0.39 is 48.7 Å². The summed E-state index contributed by atoms with van der Waals surface area (Å²) in [6, 6.07) is -2.70. The Morgan fingerprint density at radius 2 is 1.47 bits per heavy atom. The summed E-state index contributed by atoms with van der Waals surface area (Å²) in [5.74, 6) is -0.251. The first-order valence-electron chi connectivity index (χ1n) is 12.9. The molecule has 10 nitrogen and oxygen atoms in total. The van der Waals surface area contributed by atoms with Crippen LogP contribution in [0, 0.1) is 11.8 Å². The van der Waals surface area contributed by atoms with Gasteiger partial charge in [0.15, 0.2) is 6.29 Å². The van der Waals surface area contributed by atoms with Crippen molar-refractivity contribution in [3.05, 3.63) is 0 Å². The highest BCUT2D eigenvalue weighted by Gasteiger charge is 2.43. The fourth-order valence-electron chi connectivity index (χ4n) is 5.51. The zero-order valence-corrected chi connectivity index (χ0v) is 20.0. The second-order valence-corrected chi connectivity index (χ2v) is 10.4. The highest BCUT2D eigenvalue weighted by Crippen LogP contribution is 2.29. The minimum atomic E-state index is -1.49. The molecule has 0 aromatic carbocycles. The van der Waals surface area contributed by atoms with Crippen LogP contribution in [0.15, 0.2) is 0 Å². The summed E-state index contributed by atoms with van der Waals surface area (Å²) in [7, 11) is 0. The van der Waals surface area contributed by atoms with Crippen LogP contribution in [0.25, 0.3) is 0 Å². The van der Waals surface area contributed by atoms with Crippen molar-refractivity contribution in [1.29, 1.82) is 0 Å². The van der Waals surface area contributed by atoms with E-state index in [0.29, 0.717) is 24.7 Å².